The first-order chi connectivity index (χ1) is 8.22. The molecule has 4 unspecified atom stereocenters. The van der Waals surface area contributed by atoms with Crippen LogP contribution in [0, 0.1) is 28.6 Å². The van der Waals surface area contributed by atoms with Crippen molar-refractivity contribution >= 4 is 0 Å². The third-order valence-electron chi connectivity index (χ3n) is 6.03. The van der Waals surface area contributed by atoms with Gasteiger partial charge in [-0.15, -0.1) is 0 Å². The molecule has 0 aromatic rings. The van der Waals surface area contributed by atoms with Gasteiger partial charge in [0.1, 0.15) is 0 Å². The number of rotatable bonds is 1. The highest BCUT2D eigenvalue weighted by molar-refractivity contribution is 5.11. The second-order valence-corrected chi connectivity index (χ2v) is 8.02. The second kappa shape index (κ2) is 4.49. The zero-order valence-corrected chi connectivity index (χ0v) is 13.2. The number of likely N-dealkylation sites (tertiary alicyclic amines) is 1. The summed E-state index contributed by atoms with van der Waals surface area (Å²) in [6.07, 6.45) is 4.30. The molecule has 2 fully saturated rings. The summed E-state index contributed by atoms with van der Waals surface area (Å²) in [5, 5.41) is 0. The highest BCUT2D eigenvalue weighted by atomic mass is 15.3. The molecule has 2 heteroatoms. The highest BCUT2D eigenvalue weighted by Crippen LogP contribution is 2.61. The summed E-state index contributed by atoms with van der Waals surface area (Å²) in [5.74, 6) is 2.36. The molecule has 4 atom stereocenters. The lowest BCUT2D eigenvalue weighted by atomic mass is 9.50. The minimum Gasteiger partial charge on any atom is -0.315 e. The predicted octanol–water partition coefficient (Wildman–Crippen LogP) is 3.32. The fourth-order valence-electron chi connectivity index (χ4n) is 5.26. The van der Waals surface area contributed by atoms with Crippen LogP contribution in [0.1, 0.15) is 53.9 Å². The minimum absolute atomic E-state index is 0.239. The first kappa shape index (κ1) is 14.3. The van der Waals surface area contributed by atoms with Crippen molar-refractivity contribution < 1.29 is 0 Å². The molecule has 0 radical (unpaired) electrons. The molecule has 18 heavy (non-hydrogen) atoms. The van der Waals surface area contributed by atoms with Crippen LogP contribution < -0.4 is 5.73 Å². The van der Waals surface area contributed by atoms with Crippen LogP contribution in [0.25, 0.3) is 0 Å². The molecule has 106 valence electrons. The van der Waals surface area contributed by atoms with Crippen molar-refractivity contribution in [3.8, 4) is 0 Å². The maximum atomic E-state index is 6.68. The molecule has 0 aromatic carbocycles. The van der Waals surface area contributed by atoms with Crippen molar-refractivity contribution in [2.45, 2.75) is 60.0 Å². The Morgan fingerprint density at radius 1 is 1.22 bits per heavy atom. The van der Waals surface area contributed by atoms with Crippen LogP contribution in [0.15, 0.2) is 0 Å². The van der Waals surface area contributed by atoms with Crippen LogP contribution in [0.4, 0.5) is 0 Å². The van der Waals surface area contributed by atoms with E-state index >= 15 is 0 Å². The first-order valence-electron chi connectivity index (χ1n) is 7.68. The molecule has 0 aromatic heterocycles. The molecule has 1 heterocycles. The molecule has 1 saturated heterocycles. The van der Waals surface area contributed by atoms with Crippen LogP contribution in [0.2, 0.25) is 0 Å². The van der Waals surface area contributed by atoms with Crippen molar-refractivity contribution in [3.63, 3.8) is 0 Å². The van der Waals surface area contributed by atoms with Crippen LogP contribution >= 0.6 is 0 Å². The summed E-state index contributed by atoms with van der Waals surface area (Å²) < 4.78 is 0. The average Bonchev–Trinajstić information content (AvgIpc) is 2.40. The summed E-state index contributed by atoms with van der Waals surface area (Å²) in [7, 11) is 2.21. The molecule has 0 amide bonds. The van der Waals surface area contributed by atoms with E-state index in [-0.39, 0.29) is 6.17 Å². The number of nitrogens with zero attached hydrogens (tertiary/aromatic N) is 1. The lowest BCUT2D eigenvalue weighted by molar-refractivity contribution is -0.0589. The molecular formula is C16H32N2. The topological polar surface area (TPSA) is 29.3 Å². The molecule has 2 nitrogen and oxygen atoms in total. The summed E-state index contributed by atoms with van der Waals surface area (Å²) >= 11 is 0. The SMILES string of the molecule is CC1CCC(C(C)C)C2(C1)C(N)N(C)CC2(C)C. The van der Waals surface area contributed by atoms with Gasteiger partial charge in [0.25, 0.3) is 0 Å². The Morgan fingerprint density at radius 3 is 2.28 bits per heavy atom. The Bertz CT molecular complexity index is 310. The number of hydrogen-bond donors (Lipinski definition) is 1. The van der Waals surface area contributed by atoms with Gasteiger partial charge in [-0.3, -0.25) is 4.90 Å². The Balaban J connectivity index is 2.45. The van der Waals surface area contributed by atoms with Gasteiger partial charge in [-0.2, -0.15) is 0 Å². The van der Waals surface area contributed by atoms with Crippen molar-refractivity contribution in [1.29, 1.82) is 0 Å². The van der Waals surface area contributed by atoms with Gasteiger partial charge in [-0.25, -0.2) is 0 Å². The number of nitrogens with two attached hydrogens (primary N) is 1. The second-order valence-electron chi connectivity index (χ2n) is 8.02. The lowest BCUT2D eigenvalue weighted by Gasteiger charge is -2.55. The Hall–Kier alpha value is -0.0800. The Labute approximate surface area is 113 Å². The smallest absolute Gasteiger partial charge is 0.0636 e. The standard InChI is InChI=1S/C16H32N2/c1-11(2)13-8-7-12(3)9-16(13)14(17)18(6)10-15(16,4)5/h11-14H,7-10,17H2,1-6H3. The van der Waals surface area contributed by atoms with Crippen LogP contribution in [0.5, 0.6) is 0 Å². The van der Waals surface area contributed by atoms with Crippen molar-refractivity contribution in [2.75, 3.05) is 13.6 Å². The summed E-state index contributed by atoms with van der Waals surface area (Å²) in [4.78, 5) is 2.40. The third kappa shape index (κ3) is 1.84. The molecule has 1 saturated carbocycles. The van der Waals surface area contributed by atoms with E-state index in [1.807, 2.05) is 0 Å². The Morgan fingerprint density at radius 2 is 1.83 bits per heavy atom. The largest absolute Gasteiger partial charge is 0.315 e. The number of hydrogen-bond acceptors (Lipinski definition) is 2. The summed E-state index contributed by atoms with van der Waals surface area (Å²) in [6, 6.07) is 0. The van der Waals surface area contributed by atoms with E-state index in [1.54, 1.807) is 0 Å². The minimum atomic E-state index is 0.239. The molecule has 2 N–H and O–H groups in total. The van der Waals surface area contributed by atoms with Crippen LogP contribution in [0.3, 0.4) is 0 Å². The lowest BCUT2D eigenvalue weighted by Crippen LogP contribution is -2.56. The zero-order valence-electron chi connectivity index (χ0n) is 13.2. The summed E-state index contributed by atoms with van der Waals surface area (Å²) in [6.45, 7) is 13.2. The molecule has 1 aliphatic carbocycles. The molecule has 1 spiro atoms. The van der Waals surface area contributed by atoms with Crippen molar-refractivity contribution in [3.05, 3.63) is 0 Å². The van der Waals surface area contributed by atoms with E-state index in [2.05, 4.69) is 46.6 Å². The van der Waals surface area contributed by atoms with Gasteiger partial charge >= 0.3 is 0 Å². The quantitative estimate of drug-likeness (QED) is 0.775. The van der Waals surface area contributed by atoms with Crippen LogP contribution in [-0.2, 0) is 0 Å². The maximum Gasteiger partial charge on any atom is 0.0636 e. The molecule has 2 aliphatic rings. The van der Waals surface area contributed by atoms with Gasteiger partial charge in [0, 0.05) is 12.0 Å². The van der Waals surface area contributed by atoms with Gasteiger partial charge in [0.2, 0.25) is 0 Å². The van der Waals surface area contributed by atoms with E-state index in [1.165, 1.54) is 19.3 Å². The van der Waals surface area contributed by atoms with E-state index in [0.717, 1.165) is 24.3 Å². The van der Waals surface area contributed by atoms with Gasteiger partial charge in [-0.05, 0) is 43.1 Å². The zero-order chi connectivity index (χ0) is 13.7. The third-order valence-corrected chi connectivity index (χ3v) is 6.03. The van der Waals surface area contributed by atoms with Crippen molar-refractivity contribution in [1.82, 2.24) is 4.90 Å². The predicted molar refractivity (Wildman–Crippen MR) is 78.2 cm³/mol. The van der Waals surface area contributed by atoms with E-state index in [0.29, 0.717) is 10.8 Å². The van der Waals surface area contributed by atoms with E-state index in [9.17, 15) is 0 Å². The molecule has 1 aliphatic heterocycles. The fraction of sp³-hybridized carbons (Fsp3) is 1.00. The van der Waals surface area contributed by atoms with Gasteiger partial charge in [0.15, 0.2) is 0 Å². The molecular weight excluding hydrogens is 220 g/mol. The van der Waals surface area contributed by atoms with E-state index < -0.39 is 0 Å². The van der Waals surface area contributed by atoms with E-state index in [4.69, 9.17) is 5.73 Å². The van der Waals surface area contributed by atoms with Gasteiger partial charge in [-0.1, -0.05) is 41.0 Å². The average molecular weight is 252 g/mol. The normalized spacial score (nSPS) is 45.0. The fourth-order valence-corrected chi connectivity index (χ4v) is 5.26. The Kier molecular flexibility index (Phi) is 3.57. The monoisotopic (exact) mass is 252 g/mol. The van der Waals surface area contributed by atoms with Crippen molar-refractivity contribution in [2.24, 2.45) is 34.3 Å². The van der Waals surface area contributed by atoms with Gasteiger partial charge < -0.3 is 5.73 Å². The van der Waals surface area contributed by atoms with Gasteiger partial charge in [0.05, 0.1) is 6.17 Å². The van der Waals surface area contributed by atoms with Crippen LogP contribution in [-0.4, -0.2) is 24.7 Å². The molecule has 0 bridgehead atoms. The highest BCUT2D eigenvalue weighted by Gasteiger charge is 2.61. The summed E-state index contributed by atoms with van der Waals surface area (Å²) in [5.41, 5.74) is 7.33. The first-order valence-corrected chi connectivity index (χ1v) is 7.68. The molecule has 2 rings (SSSR count). The maximum absolute atomic E-state index is 6.68.